The van der Waals surface area contributed by atoms with E-state index in [0.717, 1.165) is 19.3 Å². The van der Waals surface area contributed by atoms with Crippen LogP contribution in [0, 0.1) is 0 Å². The predicted molar refractivity (Wildman–Crippen MR) is 104 cm³/mol. The first-order valence-corrected chi connectivity index (χ1v) is 10.5. The molecule has 0 aromatic rings. The summed E-state index contributed by atoms with van der Waals surface area (Å²) in [6, 6.07) is 0. The van der Waals surface area contributed by atoms with Crippen LogP contribution in [0.1, 0.15) is 77.6 Å². The van der Waals surface area contributed by atoms with Gasteiger partial charge in [0.1, 0.15) is 24.4 Å². The summed E-state index contributed by atoms with van der Waals surface area (Å²) < 4.78 is 10.8. The molecule has 154 valence electrons. The van der Waals surface area contributed by atoms with Crippen molar-refractivity contribution >= 4 is 0 Å². The van der Waals surface area contributed by atoms with Crippen molar-refractivity contribution in [2.45, 2.75) is 102 Å². The lowest BCUT2D eigenvalue weighted by molar-refractivity contribution is -0.199. The fraction of sp³-hybridized carbons (Fsp3) is 0.905. The molecule has 3 N–H and O–H groups in total. The lowest BCUT2D eigenvalue weighted by atomic mass is 10.0. The third kappa shape index (κ3) is 10.6. The number of unbranched alkanes of at least 4 members (excludes halogenated alkanes) is 9. The molecule has 26 heavy (non-hydrogen) atoms. The van der Waals surface area contributed by atoms with Gasteiger partial charge in [-0.3, -0.25) is 0 Å². The van der Waals surface area contributed by atoms with Crippen molar-refractivity contribution in [2.24, 2.45) is 0 Å². The summed E-state index contributed by atoms with van der Waals surface area (Å²) in [5.74, 6) is 0. The van der Waals surface area contributed by atoms with Crippen LogP contribution in [0.3, 0.4) is 0 Å². The molecule has 0 spiro atoms. The van der Waals surface area contributed by atoms with Gasteiger partial charge >= 0.3 is 0 Å². The minimum atomic E-state index is -1.16. The summed E-state index contributed by atoms with van der Waals surface area (Å²) in [6.07, 6.45) is 14.6. The number of hydrogen-bond acceptors (Lipinski definition) is 5. The van der Waals surface area contributed by atoms with Crippen LogP contribution in [0.25, 0.3) is 0 Å². The molecule has 1 aliphatic rings. The molecule has 0 bridgehead atoms. The van der Waals surface area contributed by atoms with Gasteiger partial charge in [0.05, 0.1) is 13.2 Å². The SMILES string of the molecule is CCCCCCCCCC/C=C/CCCOC[C@H]1OC[C@H](O)[C@@H](O)[C@@H]1O. The van der Waals surface area contributed by atoms with E-state index in [1.807, 2.05) is 0 Å². The Hall–Kier alpha value is -0.460. The summed E-state index contributed by atoms with van der Waals surface area (Å²) in [6.45, 7) is 3.14. The molecule has 1 saturated heterocycles. The van der Waals surface area contributed by atoms with Gasteiger partial charge in [-0.2, -0.15) is 0 Å². The van der Waals surface area contributed by atoms with Crippen LogP contribution in [0.4, 0.5) is 0 Å². The number of ether oxygens (including phenoxy) is 2. The Labute approximate surface area is 159 Å². The molecule has 4 atom stereocenters. The van der Waals surface area contributed by atoms with Crippen molar-refractivity contribution < 1.29 is 24.8 Å². The van der Waals surface area contributed by atoms with Crippen LogP contribution in [-0.4, -0.2) is 59.6 Å². The van der Waals surface area contributed by atoms with E-state index in [1.165, 1.54) is 51.4 Å². The summed E-state index contributed by atoms with van der Waals surface area (Å²) in [7, 11) is 0. The minimum absolute atomic E-state index is 0.0354. The molecule has 5 heteroatoms. The Morgan fingerprint density at radius 1 is 0.846 bits per heavy atom. The van der Waals surface area contributed by atoms with E-state index in [-0.39, 0.29) is 13.2 Å². The maximum Gasteiger partial charge on any atom is 0.111 e. The van der Waals surface area contributed by atoms with Crippen LogP contribution >= 0.6 is 0 Å². The average molecular weight is 373 g/mol. The van der Waals surface area contributed by atoms with Crippen LogP contribution in [0.5, 0.6) is 0 Å². The fourth-order valence-corrected chi connectivity index (χ4v) is 3.15. The fourth-order valence-electron chi connectivity index (χ4n) is 3.15. The highest BCUT2D eigenvalue weighted by molar-refractivity contribution is 4.86. The van der Waals surface area contributed by atoms with Gasteiger partial charge in [-0.05, 0) is 25.7 Å². The summed E-state index contributed by atoms with van der Waals surface area (Å²) in [5.41, 5.74) is 0. The second-order valence-electron chi connectivity index (χ2n) is 7.37. The van der Waals surface area contributed by atoms with Crippen LogP contribution in [0.2, 0.25) is 0 Å². The van der Waals surface area contributed by atoms with Gasteiger partial charge in [-0.25, -0.2) is 0 Å². The summed E-state index contributed by atoms with van der Waals surface area (Å²) >= 11 is 0. The van der Waals surface area contributed by atoms with Crippen LogP contribution in [-0.2, 0) is 9.47 Å². The van der Waals surface area contributed by atoms with Gasteiger partial charge in [0.2, 0.25) is 0 Å². The van der Waals surface area contributed by atoms with Gasteiger partial charge in [-0.1, -0.05) is 64.0 Å². The molecular weight excluding hydrogens is 332 g/mol. The van der Waals surface area contributed by atoms with Crippen LogP contribution < -0.4 is 0 Å². The molecule has 0 aromatic carbocycles. The van der Waals surface area contributed by atoms with Gasteiger partial charge in [0.25, 0.3) is 0 Å². The molecule has 1 aliphatic heterocycles. The summed E-state index contributed by atoms with van der Waals surface area (Å²) in [4.78, 5) is 0. The van der Waals surface area contributed by atoms with Crippen molar-refractivity contribution in [3.63, 3.8) is 0 Å². The normalized spacial score (nSPS) is 26.6. The number of aliphatic hydroxyl groups is 3. The van der Waals surface area contributed by atoms with E-state index in [4.69, 9.17) is 9.47 Å². The second kappa shape index (κ2) is 15.6. The zero-order chi connectivity index (χ0) is 19.0. The lowest BCUT2D eigenvalue weighted by Gasteiger charge is -2.35. The smallest absolute Gasteiger partial charge is 0.111 e. The third-order valence-corrected chi connectivity index (χ3v) is 4.94. The monoisotopic (exact) mass is 372 g/mol. The van der Waals surface area contributed by atoms with Gasteiger partial charge < -0.3 is 24.8 Å². The van der Waals surface area contributed by atoms with Gasteiger partial charge in [-0.15, -0.1) is 0 Å². The second-order valence-corrected chi connectivity index (χ2v) is 7.37. The minimum Gasteiger partial charge on any atom is -0.388 e. The zero-order valence-corrected chi connectivity index (χ0v) is 16.5. The molecule has 0 radical (unpaired) electrons. The van der Waals surface area contributed by atoms with E-state index in [9.17, 15) is 15.3 Å². The molecule has 1 fully saturated rings. The molecular formula is C21H40O5. The molecule has 0 amide bonds. The van der Waals surface area contributed by atoms with E-state index < -0.39 is 24.4 Å². The molecule has 1 rings (SSSR count). The molecule has 1 heterocycles. The van der Waals surface area contributed by atoms with Crippen molar-refractivity contribution in [2.75, 3.05) is 19.8 Å². The first-order chi connectivity index (χ1) is 12.7. The first-order valence-electron chi connectivity index (χ1n) is 10.5. The van der Waals surface area contributed by atoms with E-state index in [0.29, 0.717) is 6.61 Å². The van der Waals surface area contributed by atoms with Crippen molar-refractivity contribution in [3.8, 4) is 0 Å². The van der Waals surface area contributed by atoms with E-state index in [1.54, 1.807) is 0 Å². The number of aliphatic hydroxyl groups excluding tert-OH is 3. The Kier molecular flexibility index (Phi) is 14.1. The predicted octanol–water partition coefficient (Wildman–Crippen LogP) is 3.35. The topological polar surface area (TPSA) is 79.2 Å². The Morgan fingerprint density at radius 2 is 1.46 bits per heavy atom. The van der Waals surface area contributed by atoms with E-state index >= 15 is 0 Å². The van der Waals surface area contributed by atoms with Crippen molar-refractivity contribution in [1.82, 2.24) is 0 Å². The maximum atomic E-state index is 9.80. The Balaban J connectivity index is 1.86. The van der Waals surface area contributed by atoms with Crippen molar-refractivity contribution in [3.05, 3.63) is 12.2 Å². The highest BCUT2D eigenvalue weighted by Crippen LogP contribution is 2.16. The maximum absolute atomic E-state index is 9.80. The molecule has 0 aromatic heterocycles. The number of hydrogen-bond donors (Lipinski definition) is 3. The molecule has 5 nitrogen and oxygen atoms in total. The highest BCUT2D eigenvalue weighted by Gasteiger charge is 2.37. The number of allylic oxidation sites excluding steroid dienone is 2. The largest absolute Gasteiger partial charge is 0.388 e. The summed E-state index contributed by atoms with van der Waals surface area (Å²) in [5, 5.41) is 28.8. The molecule has 0 saturated carbocycles. The quantitative estimate of drug-likeness (QED) is 0.303. The van der Waals surface area contributed by atoms with Gasteiger partial charge in [0, 0.05) is 6.61 Å². The lowest BCUT2D eigenvalue weighted by Crippen LogP contribution is -2.54. The Morgan fingerprint density at radius 3 is 2.15 bits per heavy atom. The standard InChI is InChI=1S/C21H40O5/c1-2-3-4-5-6-7-8-9-10-11-12-13-14-15-25-17-19-21(24)20(23)18(22)16-26-19/h11-12,18-24H,2-10,13-17H2,1H3/b12-11+/t18-,19+,20+,21+/m0/s1. The van der Waals surface area contributed by atoms with E-state index in [2.05, 4.69) is 19.1 Å². The first kappa shape index (κ1) is 23.6. The third-order valence-electron chi connectivity index (χ3n) is 4.94. The van der Waals surface area contributed by atoms with Gasteiger partial charge in [0.15, 0.2) is 0 Å². The molecule has 0 unspecified atom stereocenters. The van der Waals surface area contributed by atoms with Crippen molar-refractivity contribution in [1.29, 1.82) is 0 Å². The number of rotatable bonds is 15. The average Bonchev–Trinajstić information content (AvgIpc) is 2.64. The van der Waals surface area contributed by atoms with Crippen LogP contribution in [0.15, 0.2) is 12.2 Å². The highest BCUT2D eigenvalue weighted by atomic mass is 16.6. The molecule has 0 aliphatic carbocycles. The Bertz CT molecular complexity index is 347. The zero-order valence-electron chi connectivity index (χ0n) is 16.5.